The van der Waals surface area contributed by atoms with Crippen LogP contribution in [-0.4, -0.2) is 33.7 Å². The van der Waals surface area contributed by atoms with E-state index in [1.807, 2.05) is 36.9 Å². The second-order valence-electron chi connectivity index (χ2n) is 6.18. The maximum Gasteiger partial charge on any atom is 0.317 e. The van der Waals surface area contributed by atoms with Gasteiger partial charge in [0.2, 0.25) is 0 Å². The summed E-state index contributed by atoms with van der Waals surface area (Å²) in [6.07, 6.45) is 1.58. The number of hydrogen-bond acceptors (Lipinski definition) is 2. The molecule has 0 spiro atoms. The van der Waals surface area contributed by atoms with Crippen molar-refractivity contribution in [3.05, 3.63) is 51.8 Å². The smallest absolute Gasteiger partial charge is 0.317 e. The molecule has 2 N–H and O–H groups in total. The van der Waals surface area contributed by atoms with Crippen molar-refractivity contribution < 1.29 is 4.79 Å². The number of nitrogens with one attached hydrogen (secondary N) is 2. The molecular weight excluding hydrogens is 312 g/mol. The first-order valence-electron chi connectivity index (χ1n) is 7.85. The molecule has 1 aliphatic rings. The van der Waals surface area contributed by atoms with Crippen LogP contribution in [-0.2, 0) is 19.4 Å². The molecule has 2 amide bonds. The van der Waals surface area contributed by atoms with Gasteiger partial charge >= 0.3 is 6.03 Å². The number of hydrogen-bond donors (Lipinski definition) is 2. The minimum Gasteiger partial charge on any atom is -0.335 e. The van der Waals surface area contributed by atoms with Crippen molar-refractivity contribution in [1.29, 1.82) is 0 Å². The Balaban J connectivity index is 1.58. The monoisotopic (exact) mass is 332 g/mol. The van der Waals surface area contributed by atoms with Crippen LogP contribution in [0.25, 0.3) is 0 Å². The fraction of sp³-hybridized carbons (Fsp3) is 0.412. The normalized spacial score (nSPS) is 15.2. The van der Waals surface area contributed by atoms with E-state index in [0.717, 1.165) is 29.9 Å². The number of rotatable bonds is 3. The van der Waals surface area contributed by atoms with Crippen molar-refractivity contribution in [1.82, 2.24) is 20.4 Å². The molecule has 0 radical (unpaired) electrons. The van der Waals surface area contributed by atoms with Crippen LogP contribution in [0.1, 0.15) is 29.4 Å². The van der Waals surface area contributed by atoms with E-state index in [1.165, 1.54) is 5.56 Å². The molecule has 1 aliphatic heterocycles. The van der Waals surface area contributed by atoms with Gasteiger partial charge in [-0.3, -0.25) is 5.10 Å². The maximum absolute atomic E-state index is 12.5. The van der Waals surface area contributed by atoms with E-state index in [-0.39, 0.29) is 12.1 Å². The molecule has 1 atom stereocenters. The topological polar surface area (TPSA) is 61.0 Å². The SMILES string of the molecule is Cc1cc(CC(C)NC(=O)N2CCc3ccc(Cl)cc3C2)n[nH]1. The minimum atomic E-state index is -0.0321. The Morgan fingerprint density at radius 1 is 1.43 bits per heavy atom. The zero-order valence-electron chi connectivity index (χ0n) is 13.4. The van der Waals surface area contributed by atoms with Crippen LogP contribution >= 0.6 is 11.6 Å². The van der Waals surface area contributed by atoms with Crippen molar-refractivity contribution in [2.45, 2.75) is 39.3 Å². The van der Waals surface area contributed by atoms with Gasteiger partial charge in [-0.05, 0) is 49.6 Å². The van der Waals surface area contributed by atoms with Crippen molar-refractivity contribution in [3.63, 3.8) is 0 Å². The molecule has 1 aromatic heterocycles. The highest BCUT2D eigenvalue weighted by Gasteiger charge is 2.22. The molecule has 2 aromatic rings. The summed E-state index contributed by atoms with van der Waals surface area (Å²) in [7, 11) is 0. The number of aromatic amines is 1. The Bertz CT molecular complexity index is 712. The third-order valence-electron chi connectivity index (χ3n) is 4.11. The highest BCUT2D eigenvalue weighted by molar-refractivity contribution is 6.30. The Morgan fingerprint density at radius 2 is 2.26 bits per heavy atom. The van der Waals surface area contributed by atoms with E-state index < -0.39 is 0 Å². The quantitative estimate of drug-likeness (QED) is 0.907. The molecule has 23 heavy (non-hydrogen) atoms. The van der Waals surface area contributed by atoms with Crippen LogP contribution in [0, 0.1) is 6.92 Å². The van der Waals surface area contributed by atoms with Gasteiger partial charge in [-0.15, -0.1) is 0 Å². The van der Waals surface area contributed by atoms with Gasteiger partial charge in [0.25, 0.3) is 0 Å². The third-order valence-corrected chi connectivity index (χ3v) is 4.35. The first-order valence-corrected chi connectivity index (χ1v) is 8.22. The van der Waals surface area contributed by atoms with Crippen molar-refractivity contribution in [2.75, 3.05) is 6.54 Å². The van der Waals surface area contributed by atoms with Gasteiger partial charge in [-0.1, -0.05) is 17.7 Å². The van der Waals surface area contributed by atoms with Gasteiger partial charge < -0.3 is 10.2 Å². The molecule has 3 rings (SSSR count). The van der Waals surface area contributed by atoms with Gasteiger partial charge in [0.05, 0.1) is 5.69 Å². The van der Waals surface area contributed by atoms with Crippen LogP contribution in [0.3, 0.4) is 0 Å². The summed E-state index contributed by atoms with van der Waals surface area (Å²) in [6, 6.07) is 7.91. The summed E-state index contributed by atoms with van der Waals surface area (Å²) in [6.45, 7) is 5.30. The standard InChI is InChI=1S/C17H21ClN4O/c1-11(7-16-8-12(2)20-21-16)19-17(23)22-6-5-13-3-4-15(18)9-14(13)10-22/h3-4,8-9,11H,5-7,10H2,1-2H3,(H,19,23)(H,20,21). The van der Waals surface area contributed by atoms with Gasteiger partial charge in [0.15, 0.2) is 0 Å². The summed E-state index contributed by atoms with van der Waals surface area (Å²) in [4.78, 5) is 14.3. The Hall–Kier alpha value is -2.01. The summed E-state index contributed by atoms with van der Waals surface area (Å²) in [5, 5.41) is 10.9. The van der Waals surface area contributed by atoms with E-state index >= 15 is 0 Å². The van der Waals surface area contributed by atoms with Crippen LogP contribution in [0.4, 0.5) is 4.79 Å². The van der Waals surface area contributed by atoms with Crippen LogP contribution in [0.2, 0.25) is 5.02 Å². The predicted molar refractivity (Wildman–Crippen MR) is 90.6 cm³/mol. The number of halogens is 1. The van der Waals surface area contributed by atoms with Crippen molar-refractivity contribution >= 4 is 17.6 Å². The number of fused-ring (bicyclic) bond motifs is 1. The number of carbonyl (C=O) groups is 1. The fourth-order valence-electron chi connectivity index (χ4n) is 2.94. The molecule has 2 heterocycles. The zero-order chi connectivity index (χ0) is 16.4. The minimum absolute atomic E-state index is 0.0321. The second-order valence-corrected chi connectivity index (χ2v) is 6.62. The molecule has 0 saturated carbocycles. The number of aryl methyl sites for hydroxylation is 1. The Morgan fingerprint density at radius 3 is 3.00 bits per heavy atom. The molecule has 122 valence electrons. The summed E-state index contributed by atoms with van der Waals surface area (Å²) in [5.41, 5.74) is 4.40. The molecule has 5 nitrogen and oxygen atoms in total. The lowest BCUT2D eigenvalue weighted by molar-refractivity contribution is 0.189. The summed E-state index contributed by atoms with van der Waals surface area (Å²) < 4.78 is 0. The predicted octanol–water partition coefficient (Wildman–Crippen LogP) is 3.07. The number of aromatic nitrogens is 2. The zero-order valence-corrected chi connectivity index (χ0v) is 14.2. The van der Waals surface area contributed by atoms with Crippen LogP contribution in [0.5, 0.6) is 0 Å². The van der Waals surface area contributed by atoms with Crippen molar-refractivity contribution in [2.24, 2.45) is 0 Å². The van der Waals surface area contributed by atoms with E-state index in [1.54, 1.807) is 0 Å². The number of amides is 2. The molecule has 0 fully saturated rings. The number of benzene rings is 1. The van der Waals surface area contributed by atoms with E-state index in [2.05, 4.69) is 21.6 Å². The van der Waals surface area contributed by atoms with E-state index in [4.69, 9.17) is 11.6 Å². The average Bonchev–Trinajstić information content (AvgIpc) is 2.91. The molecule has 1 aromatic carbocycles. The Kier molecular flexibility index (Phi) is 4.57. The van der Waals surface area contributed by atoms with Crippen molar-refractivity contribution in [3.8, 4) is 0 Å². The lowest BCUT2D eigenvalue weighted by Crippen LogP contribution is -2.46. The summed E-state index contributed by atoms with van der Waals surface area (Å²) >= 11 is 6.05. The second kappa shape index (κ2) is 6.62. The first kappa shape index (κ1) is 15.9. The summed E-state index contributed by atoms with van der Waals surface area (Å²) in [5.74, 6) is 0. The lowest BCUT2D eigenvalue weighted by atomic mass is 10.0. The lowest BCUT2D eigenvalue weighted by Gasteiger charge is -2.30. The van der Waals surface area contributed by atoms with Crippen LogP contribution < -0.4 is 5.32 Å². The molecule has 6 heteroatoms. The molecule has 1 unspecified atom stereocenters. The number of urea groups is 1. The first-order chi connectivity index (χ1) is 11.0. The van der Waals surface area contributed by atoms with Crippen LogP contribution in [0.15, 0.2) is 24.3 Å². The highest BCUT2D eigenvalue weighted by atomic mass is 35.5. The molecular formula is C17H21ClN4O. The van der Waals surface area contributed by atoms with Gasteiger partial charge in [-0.2, -0.15) is 5.10 Å². The van der Waals surface area contributed by atoms with E-state index in [9.17, 15) is 4.79 Å². The molecule has 0 aliphatic carbocycles. The maximum atomic E-state index is 12.5. The number of nitrogens with zero attached hydrogens (tertiary/aromatic N) is 2. The number of H-pyrrole nitrogens is 1. The van der Waals surface area contributed by atoms with Gasteiger partial charge in [-0.25, -0.2) is 4.79 Å². The van der Waals surface area contributed by atoms with Gasteiger partial charge in [0.1, 0.15) is 0 Å². The number of carbonyl (C=O) groups excluding carboxylic acids is 1. The Labute approximate surface area is 141 Å². The third kappa shape index (κ3) is 3.85. The molecule has 0 bridgehead atoms. The highest BCUT2D eigenvalue weighted by Crippen LogP contribution is 2.22. The largest absolute Gasteiger partial charge is 0.335 e. The fourth-order valence-corrected chi connectivity index (χ4v) is 3.14. The van der Waals surface area contributed by atoms with E-state index in [0.29, 0.717) is 18.0 Å². The molecule has 0 saturated heterocycles. The average molecular weight is 333 g/mol. The van der Waals surface area contributed by atoms with Gasteiger partial charge in [0, 0.05) is 36.3 Å².